The molecule has 0 bridgehead atoms. The summed E-state index contributed by atoms with van der Waals surface area (Å²) in [5, 5.41) is 9.01. The van der Waals surface area contributed by atoms with Crippen LogP contribution in [0.1, 0.15) is 23.7 Å². The average molecular weight is 463 g/mol. The maximum Gasteiger partial charge on any atom is 0.419 e. The van der Waals surface area contributed by atoms with Crippen LogP contribution < -0.4 is 0 Å². The van der Waals surface area contributed by atoms with Crippen LogP contribution in [-0.4, -0.2) is 33.7 Å². The molecule has 3 heterocycles. The normalized spacial score (nSPS) is 12.9. The zero-order valence-corrected chi connectivity index (χ0v) is 16.5. The number of imidazole rings is 1. The standard InChI is InChI=1S/C17H11F6N5O2S/c1-3-31(29,30)12-4-8(16(18,19)20)7-25-13(12)15-26-10-5-9(17(21,22)23)11(6-24)27-14(10)28(15)2/h4-5,7H,3H2,1-2H3. The van der Waals surface area contributed by atoms with Crippen molar-refractivity contribution in [2.24, 2.45) is 7.05 Å². The van der Waals surface area contributed by atoms with Gasteiger partial charge in [-0.25, -0.2) is 18.4 Å². The molecule has 31 heavy (non-hydrogen) atoms. The van der Waals surface area contributed by atoms with Crippen LogP contribution in [0.15, 0.2) is 23.2 Å². The Balaban J connectivity index is 2.36. The number of halogens is 6. The minimum Gasteiger partial charge on any atom is -0.310 e. The average Bonchev–Trinajstić information content (AvgIpc) is 3.01. The van der Waals surface area contributed by atoms with Crippen LogP contribution in [0.25, 0.3) is 22.7 Å². The number of hydrogen-bond acceptors (Lipinski definition) is 6. The lowest BCUT2D eigenvalue weighted by Crippen LogP contribution is -2.13. The second kappa shape index (κ2) is 7.19. The van der Waals surface area contributed by atoms with Gasteiger partial charge in [-0.3, -0.25) is 4.98 Å². The molecule has 0 aliphatic heterocycles. The molecule has 0 N–H and O–H groups in total. The van der Waals surface area contributed by atoms with Crippen molar-refractivity contribution in [1.82, 2.24) is 19.5 Å². The first-order chi connectivity index (χ1) is 14.2. The predicted molar refractivity (Wildman–Crippen MR) is 94.2 cm³/mol. The Morgan fingerprint density at radius 1 is 1.10 bits per heavy atom. The zero-order valence-electron chi connectivity index (χ0n) is 15.7. The van der Waals surface area contributed by atoms with Gasteiger partial charge in [0, 0.05) is 13.2 Å². The maximum atomic E-state index is 13.2. The lowest BCUT2D eigenvalue weighted by Gasteiger charge is -2.12. The molecule has 0 fully saturated rings. The fraction of sp³-hybridized carbons (Fsp3) is 0.294. The Labute approximate surface area is 170 Å². The number of pyridine rings is 2. The van der Waals surface area contributed by atoms with Crippen molar-refractivity contribution in [3.63, 3.8) is 0 Å². The number of hydrogen-bond donors (Lipinski definition) is 0. The number of alkyl halides is 6. The highest BCUT2D eigenvalue weighted by atomic mass is 32.2. The number of nitrogens with zero attached hydrogens (tertiary/aromatic N) is 5. The molecular formula is C17H11F6N5O2S. The van der Waals surface area contributed by atoms with Gasteiger partial charge in [0.25, 0.3) is 0 Å². The topological polar surface area (TPSA) is 102 Å². The molecule has 0 radical (unpaired) electrons. The molecule has 0 aromatic carbocycles. The molecule has 14 heteroatoms. The van der Waals surface area contributed by atoms with Crippen molar-refractivity contribution in [1.29, 1.82) is 5.26 Å². The highest BCUT2D eigenvalue weighted by Crippen LogP contribution is 2.36. The second-order valence-electron chi connectivity index (χ2n) is 6.30. The largest absolute Gasteiger partial charge is 0.419 e. The molecule has 3 aromatic heterocycles. The van der Waals surface area contributed by atoms with Gasteiger partial charge >= 0.3 is 12.4 Å². The van der Waals surface area contributed by atoms with Gasteiger partial charge in [-0.2, -0.15) is 31.6 Å². The Bertz CT molecular complexity index is 1340. The summed E-state index contributed by atoms with van der Waals surface area (Å²) in [6.07, 6.45) is -9.38. The second-order valence-corrected chi connectivity index (χ2v) is 8.55. The van der Waals surface area contributed by atoms with E-state index in [1.54, 1.807) is 0 Å². The Kier molecular flexibility index (Phi) is 5.21. The van der Waals surface area contributed by atoms with E-state index < -0.39 is 55.4 Å². The van der Waals surface area contributed by atoms with Gasteiger partial charge in [-0.1, -0.05) is 6.92 Å². The Morgan fingerprint density at radius 3 is 2.26 bits per heavy atom. The first-order valence-corrected chi connectivity index (χ1v) is 10.0. The van der Waals surface area contributed by atoms with Crippen molar-refractivity contribution >= 4 is 21.0 Å². The van der Waals surface area contributed by atoms with Gasteiger partial charge < -0.3 is 4.57 Å². The first kappa shape index (κ1) is 22.5. The summed E-state index contributed by atoms with van der Waals surface area (Å²) in [4.78, 5) is 10.4. The first-order valence-electron chi connectivity index (χ1n) is 8.35. The molecule has 0 spiro atoms. The smallest absolute Gasteiger partial charge is 0.310 e. The predicted octanol–water partition coefficient (Wildman–Crippen LogP) is 3.73. The highest BCUT2D eigenvalue weighted by molar-refractivity contribution is 7.91. The molecule has 0 saturated carbocycles. The van der Waals surface area contributed by atoms with Crippen LogP contribution in [-0.2, 0) is 29.2 Å². The van der Waals surface area contributed by atoms with E-state index in [-0.39, 0.29) is 17.0 Å². The third-order valence-corrected chi connectivity index (χ3v) is 6.10. The van der Waals surface area contributed by atoms with Crippen molar-refractivity contribution in [3.8, 4) is 17.6 Å². The van der Waals surface area contributed by atoms with Gasteiger partial charge in [0.1, 0.15) is 17.3 Å². The molecule has 7 nitrogen and oxygen atoms in total. The third kappa shape index (κ3) is 3.92. The highest BCUT2D eigenvalue weighted by Gasteiger charge is 2.37. The number of sulfone groups is 1. The summed E-state index contributed by atoms with van der Waals surface area (Å²) in [5.74, 6) is -0.881. The third-order valence-electron chi connectivity index (χ3n) is 4.36. The lowest BCUT2D eigenvalue weighted by molar-refractivity contribution is -0.138. The van der Waals surface area contributed by atoms with Gasteiger partial charge in [-0.15, -0.1) is 0 Å². The van der Waals surface area contributed by atoms with E-state index in [1.165, 1.54) is 20.0 Å². The maximum absolute atomic E-state index is 13.2. The number of fused-ring (bicyclic) bond motifs is 1. The van der Waals surface area contributed by atoms with Crippen molar-refractivity contribution in [2.45, 2.75) is 24.2 Å². The summed E-state index contributed by atoms with van der Waals surface area (Å²) < 4.78 is 105. The van der Waals surface area contributed by atoms with Crippen molar-refractivity contribution in [2.75, 3.05) is 5.75 Å². The van der Waals surface area contributed by atoms with Crippen LogP contribution in [0.4, 0.5) is 26.3 Å². The molecule has 0 saturated heterocycles. The van der Waals surface area contributed by atoms with Crippen LogP contribution in [0.5, 0.6) is 0 Å². The summed E-state index contributed by atoms with van der Waals surface area (Å²) in [6.45, 7) is 1.21. The minimum atomic E-state index is -4.91. The summed E-state index contributed by atoms with van der Waals surface area (Å²) in [6, 6.07) is 2.29. The van der Waals surface area contributed by atoms with Gasteiger partial charge in [-0.05, 0) is 12.1 Å². The van der Waals surface area contributed by atoms with Crippen LogP contribution >= 0.6 is 0 Å². The molecule has 3 aromatic rings. The number of rotatable bonds is 3. The Hall–Kier alpha value is -3.21. The number of aromatic nitrogens is 4. The Morgan fingerprint density at radius 2 is 1.74 bits per heavy atom. The van der Waals surface area contributed by atoms with E-state index in [4.69, 9.17) is 5.26 Å². The van der Waals surface area contributed by atoms with E-state index >= 15 is 0 Å². The molecule has 0 aliphatic carbocycles. The number of aryl methyl sites for hydroxylation is 1. The molecule has 0 aliphatic rings. The zero-order chi connectivity index (χ0) is 23.4. The van der Waals surface area contributed by atoms with Gasteiger partial charge in [0.15, 0.2) is 27.0 Å². The van der Waals surface area contributed by atoms with Crippen molar-refractivity contribution in [3.05, 3.63) is 35.2 Å². The fourth-order valence-corrected chi connectivity index (χ4v) is 3.84. The van der Waals surface area contributed by atoms with E-state index in [1.807, 2.05) is 0 Å². The summed E-state index contributed by atoms with van der Waals surface area (Å²) in [5.41, 5.74) is -4.63. The minimum absolute atomic E-state index is 0.207. The van der Waals surface area contributed by atoms with E-state index in [2.05, 4.69) is 15.0 Å². The van der Waals surface area contributed by atoms with E-state index in [9.17, 15) is 34.8 Å². The van der Waals surface area contributed by atoms with Gasteiger partial charge in [0.2, 0.25) is 0 Å². The SMILES string of the molecule is CCS(=O)(=O)c1cc(C(F)(F)F)cnc1-c1nc2cc(C(F)(F)F)c(C#N)nc2n1C. The van der Waals surface area contributed by atoms with Crippen molar-refractivity contribution < 1.29 is 34.8 Å². The molecule has 0 amide bonds. The molecule has 0 unspecified atom stereocenters. The lowest BCUT2D eigenvalue weighted by atomic mass is 10.2. The molecule has 0 atom stereocenters. The van der Waals surface area contributed by atoms with E-state index in [0.29, 0.717) is 18.3 Å². The molecule has 164 valence electrons. The van der Waals surface area contributed by atoms with Crippen LogP contribution in [0, 0.1) is 11.3 Å². The number of nitriles is 1. The van der Waals surface area contributed by atoms with Crippen LogP contribution in [0.2, 0.25) is 0 Å². The molecular weight excluding hydrogens is 452 g/mol. The summed E-state index contributed by atoms with van der Waals surface area (Å²) in [7, 11) is -2.97. The quantitative estimate of drug-likeness (QED) is 0.549. The van der Waals surface area contributed by atoms with Crippen LogP contribution in [0.3, 0.4) is 0 Å². The van der Waals surface area contributed by atoms with E-state index in [0.717, 1.165) is 4.57 Å². The van der Waals surface area contributed by atoms with Gasteiger partial charge in [0.05, 0.1) is 21.8 Å². The molecule has 3 rings (SSSR count). The fourth-order valence-electron chi connectivity index (χ4n) is 2.78. The monoisotopic (exact) mass is 463 g/mol. The summed E-state index contributed by atoms with van der Waals surface area (Å²) >= 11 is 0.